The van der Waals surface area contributed by atoms with Gasteiger partial charge in [0.15, 0.2) is 0 Å². The fraction of sp³-hybridized carbons (Fsp3) is 0.417. The average molecular weight is 252 g/mol. The van der Waals surface area contributed by atoms with Crippen molar-refractivity contribution in [1.82, 2.24) is 10.2 Å². The lowest BCUT2D eigenvalue weighted by atomic mass is 10.3. The Balaban J connectivity index is 2.57. The molecule has 0 spiro atoms. The molecule has 0 atom stereocenters. The first-order valence-corrected chi connectivity index (χ1v) is 6.21. The van der Waals surface area contributed by atoms with E-state index >= 15 is 0 Å². The molecule has 5 heteroatoms. The zero-order valence-corrected chi connectivity index (χ0v) is 10.8. The molecule has 0 unspecified atom stereocenters. The Labute approximate surface area is 105 Å². The lowest BCUT2D eigenvalue weighted by Crippen LogP contribution is -2.36. The topological polar surface area (TPSA) is 52.6 Å². The lowest BCUT2D eigenvalue weighted by Gasteiger charge is -2.16. The van der Waals surface area contributed by atoms with E-state index < -0.39 is 0 Å². The molecule has 92 valence electrons. The highest BCUT2D eigenvalue weighted by Gasteiger charge is 2.08. The number of amides is 2. The summed E-state index contributed by atoms with van der Waals surface area (Å²) in [5.41, 5.74) is 0.878. The van der Waals surface area contributed by atoms with E-state index in [9.17, 15) is 4.79 Å². The van der Waals surface area contributed by atoms with Crippen molar-refractivity contribution >= 4 is 17.4 Å². The van der Waals surface area contributed by atoms with Gasteiger partial charge < -0.3 is 15.3 Å². The molecule has 1 rings (SSSR count). The van der Waals surface area contributed by atoms with Crippen molar-refractivity contribution in [2.24, 2.45) is 0 Å². The highest BCUT2D eigenvalue weighted by Crippen LogP contribution is 2.15. The third-order valence-corrected chi connectivity index (χ3v) is 2.95. The van der Waals surface area contributed by atoms with Gasteiger partial charge >= 0.3 is 6.03 Å². The largest absolute Gasteiger partial charge is 0.384 e. The van der Waals surface area contributed by atoms with E-state index in [0.717, 1.165) is 10.4 Å². The Morgan fingerprint density at radius 1 is 1.65 bits per heavy atom. The van der Waals surface area contributed by atoms with Crippen LogP contribution in [0.3, 0.4) is 0 Å². The number of aliphatic hydroxyl groups excluding tert-OH is 1. The van der Waals surface area contributed by atoms with Gasteiger partial charge in [0, 0.05) is 29.4 Å². The molecular weight excluding hydrogens is 236 g/mol. The number of carbonyl (C=O) groups excluding carboxylic acids is 1. The molecule has 4 nitrogen and oxygen atoms in total. The van der Waals surface area contributed by atoms with Crippen LogP contribution < -0.4 is 5.32 Å². The van der Waals surface area contributed by atoms with Gasteiger partial charge in [0.05, 0.1) is 6.54 Å². The van der Waals surface area contributed by atoms with Crippen LogP contribution in [0.25, 0.3) is 0 Å². The first-order valence-electron chi connectivity index (χ1n) is 5.33. The van der Waals surface area contributed by atoms with Crippen molar-refractivity contribution in [3.8, 4) is 11.8 Å². The first-order chi connectivity index (χ1) is 8.17. The molecule has 0 aliphatic rings. The number of nitrogens with one attached hydrogen (secondary N) is 1. The fourth-order valence-electron chi connectivity index (χ4n) is 1.26. The van der Waals surface area contributed by atoms with Crippen LogP contribution in [0.5, 0.6) is 0 Å². The lowest BCUT2D eigenvalue weighted by molar-refractivity contribution is 0.208. The minimum Gasteiger partial charge on any atom is -0.384 e. The molecule has 0 radical (unpaired) electrons. The summed E-state index contributed by atoms with van der Waals surface area (Å²) >= 11 is 1.56. The number of thiophene rings is 1. The van der Waals surface area contributed by atoms with Crippen molar-refractivity contribution in [3.63, 3.8) is 0 Å². The Hall–Kier alpha value is -1.51. The van der Waals surface area contributed by atoms with Crippen molar-refractivity contribution in [2.45, 2.75) is 13.5 Å². The third-order valence-electron chi connectivity index (χ3n) is 2.03. The van der Waals surface area contributed by atoms with Crippen LogP contribution in [0.4, 0.5) is 4.79 Å². The van der Waals surface area contributed by atoms with E-state index in [0.29, 0.717) is 13.1 Å². The number of urea groups is 1. The van der Waals surface area contributed by atoms with Crippen LogP contribution in [-0.2, 0) is 6.54 Å². The molecule has 0 aliphatic carbocycles. The molecule has 1 heterocycles. The molecule has 2 amide bonds. The molecule has 0 bridgehead atoms. The van der Waals surface area contributed by atoms with Gasteiger partial charge in [-0.1, -0.05) is 11.8 Å². The number of aliphatic hydroxyl groups is 1. The molecule has 1 aromatic heterocycles. The molecule has 0 saturated carbocycles. The second-order valence-corrected chi connectivity index (χ2v) is 4.45. The van der Waals surface area contributed by atoms with Crippen LogP contribution in [0, 0.1) is 11.8 Å². The summed E-state index contributed by atoms with van der Waals surface area (Å²) in [6.07, 6.45) is 0. The van der Waals surface area contributed by atoms with E-state index in [1.807, 2.05) is 18.4 Å². The van der Waals surface area contributed by atoms with Crippen molar-refractivity contribution in [3.05, 3.63) is 21.9 Å². The van der Waals surface area contributed by atoms with E-state index in [1.54, 1.807) is 23.3 Å². The zero-order chi connectivity index (χ0) is 12.7. The third kappa shape index (κ3) is 4.47. The Morgan fingerprint density at radius 3 is 3.06 bits per heavy atom. The Morgan fingerprint density at radius 2 is 2.41 bits per heavy atom. The van der Waals surface area contributed by atoms with Gasteiger partial charge in [-0.25, -0.2) is 4.79 Å². The molecule has 17 heavy (non-hydrogen) atoms. The average Bonchev–Trinajstić information content (AvgIpc) is 2.74. The predicted molar refractivity (Wildman–Crippen MR) is 68.8 cm³/mol. The van der Waals surface area contributed by atoms with Gasteiger partial charge in [-0.3, -0.25) is 0 Å². The maximum atomic E-state index is 11.5. The summed E-state index contributed by atoms with van der Waals surface area (Å²) in [7, 11) is 1.75. The molecule has 0 saturated heterocycles. The highest BCUT2D eigenvalue weighted by atomic mass is 32.1. The monoisotopic (exact) mass is 252 g/mol. The number of hydrogen-bond acceptors (Lipinski definition) is 3. The predicted octanol–water partition coefficient (Wildman–Crippen LogP) is 1.25. The zero-order valence-electron chi connectivity index (χ0n) is 9.99. The second kappa shape index (κ2) is 6.94. The van der Waals surface area contributed by atoms with Crippen molar-refractivity contribution in [1.29, 1.82) is 0 Å². The Kier molecular flexibility index (Phi) is 5.53. The summed E-state index contributed by atoms with van der Waals surface area (Å²) in [4.78, 5) is 14.2. The van der Waals surface area contributed by atoms with Crippen LogP contribution in [-0.4, -0.2) is 36.2 Å². The maximum absolute atomic E-state index is 11.5. The van der Waals surface area contributed by atoms with Gasteiger partial charge in [0.1, 0.15) is 6.61 Å². The minimum absolute atomic E-state index is 0.0797. The molecule has 0 aliphatic heterocycles. The fourth-order valence-corrected chi connectivity index (χ4v) is 2.13. The highest BCUT2D eigenvalue weighted by molar-refractivity contribution is 7.10. The van der Waals surface area contributed by atoms with Gasteiger partial charge in [-0.2, -0.15) is 0 Å². The van der Waals surface area contributed by atoms with Crippen molar-refractivity contribution in [2.75, 3.05) is 20.2 Å². The SMILES string of the molecule is CCNC(=O)N(C)Cc1cc(C#CCO)cs1. The van der Waals surface area contributed by atoms with E-state index in [1.165, 1.54) is 0 Å². The quantitative estimate of drug-likeness (QED) is 0.796. The van der Waals surface area contributed by atoms with Crippen LogP contribution in [0.15, 0.2) is 11.4 Å². The van der Waals surface area contributed by atoms with Crippen LogP contribution in [0.2, 0.25) is 0 Å². The number of rotatable bonds is 3. The molecule has 0 aromatic carbocycles. The van der Waals surface area contributed by atoms with E-state index in [2.05, 4.69) is 17.2 Å². The van der Waals surface area contributed by atoms with Gasteiger partial charge in [0.2, 0.25) is 0 Å². The van der Waals surface area contributed by atoms with Crippen LogP contribution in [0.1, 0.15) is 17.4 Å². The van der Waals surface area contributed by atoms with Gasteiger partial charge in [0.25, 0.3) is 0 Å². The molecular formula is C12H16N2O2S. The summed E-state index contributed by atoms with van der Waals surface area (Å²) in [5, 5.41) is 13.2. The number of nitrogens with zero attached hydrogens (tertiary/aromatic N) is 1. The van der Waals surface area contributed by atoms with Gasteiger partial charge in [-0.15, -0.1) is 11.3 Å². The normalized spacial score (nSPS) is 9.35. The summed E-state index contributed by atoms with van der Waals surface area (Å²) in [6, 6.07) is 1.85. The first kappa shape index (κ1) is 13.6. The smallest absolute Gasteiger partial charge is 0.317 e. The molecule has 1 aromatic rings. The minimum atomic E-state index is -0.135. The second-order valence-electron chi connectivity index (χ2n) is 3.45. The van der Waals surface area contributed by atoms with Gasteiger partial charge in [-0.05, 0) is 13.0 Å². The standard InChI is InChI=1S/C12H16N2O2S/c1-3-13-12(16)14(2)8-11-7-10(9-17-11)5-4-6-15/h7,9,15H,3,6,8H2,1-2H3,(H,13,16). The summed E-state index contributed by atoms with van der Waals surface area (Å²) in [6.45, 7) is 2.95. The number of hydrogen-bond donors (Lipinski definition) is 2. The number of carbonyl (C=O) groups is 1. The van der Waals surface area contributed by atoms with Crippen LogP contribution >= 0.6 is 11.3 Å². The molecule has 0 fully saturated rings. The van der Waals surface area contributed by atoms with E-state index in [4.69, 9.17) is 5.11 Å². The maximum Gasteiger partial charge on any atom is 0.317 e. The Bertz CT molecular complexity index is 431. The molecule has 2 N–H and O–H groups in total. The van der Waals surface area contributed by atoms with E-state index in [-0.39, 0.29) is 12.6 Å². The van der Waals surface area contributed by atoms with Crippen molar-refractivity contribution < 1.29 is 9.90 Å². The summed E-state index contributed by atoms with van der Waals surface area (Å²) in [5.74, 6) is 5.43. The summed E-state index contributed by atoms with van der Waals surface area (Å²) < 4.78 is 0.